The molecule has 176 valence electrons. The molecular formula is C23H32N2O7. The number of hydrogen-bond acceptors (Lipinski definition) is 8. The van der Waals surface area contributed by atoms with Crippen LogP contribution >= 0.6 is 0 Å². The van der Waals surface area contributed by atoms with Crippen molar-refractivity contribution in [3.63, 3.8) is 0 Å². The Balaban J connectivity index is 2.21. The molecule has 1 heterocycles. The maximum atomic E-state index is 11.2. The van der Waals surface area contributed by atoms with Gasteiger partial charge in [0.2, 0.25) is 0 Å². The number of nitrogens with zero attached hydrogens (tertiary/aromatic N) is 1. The van der Waals surface area contributed by atoms with Crippen molar-refractivity contribution in [3.8, 4) is 5.75 Å². The summed E-state index contributed by atoms with van der Waals surface area (Å²) in [4.78, 5) is 21.1. The van der Waals surface area contributed by atoms with Crippen LogP contribution in [0.4, 0.5) is 5.69 Å². The van der Waals surface area contributed by atoms with Crippen LogP contribution in [0.5, 0.6) is 5.75 Å². The Morgan fingerprint density at radius 1 is 1.38 bits per heavy atom. The lowest BCUT2D eigenvalue weighted by molar-refractivity contribution is -0.385. The zero-order valence-corrected chi connectivity index (χ0v) is 18.8. The van der Waals surface area contributed by atoms with E-state index in [2.05, 4.69) is 12.2 Å². The molecule has 0 unspecified atom stereocenters. The van der Waals surface area contributed by atoms with E-state index >= 15 is 0 Å². The smallest absolute Gasteiger partial charge is 0.270 e. The Bertz CT molecular complexity index is 847. The van der Waals surface area contributed by atoms with E-state index in [-0.39, 0.29) is 18.9 Å². The number of aliphatic hydroxyl groups excluding tert-OH is 1. The van der Waals surface area contributed by atoms with Crippen molar-refractivity contribution in [2.45, 2.75) is 64.2 Å². The lowest BCUT2D eigenvalue weighted by Gasteiger charge is -2.42. The van der Waals surface area contributed by atoms with Gasteiger partial charge in [0.05, 0.1) is 24.2 Å². The van der Waals surface area contributed by atoms with Crippen molar-refractivity contribution in [1.29, 1.82) is 0 Å². The van der Waals surface area contributed by atoms with Gasteiger partial charge in [-0.3, -0.25) is 10.1 Å². The number of nitro groups is 1. The molecule has 0 spiro atoms. The summed E-state index contributed by atoms with van der Waals surface area (Å²) in [5, 5.41) is 25.3. The summed E-state index contributed by atoms with van der Waals surface area (Å²) >= 11 is 0. The first kappa shape index (κ1) is 25.4. The van der Waals surface area contributed by atoms with E-state index in [4.69, 9.17) is 14.2 Å². The highest BCUT2D eigenvalue weighted by Gasteiger charge is 2.43. The van der Waals surface area contributed by atoms with Gasteiger partial charge >= 0.3 is 0 Å². The highest BCUT2D eigenvalue weighted by Crippen LogP contribution is 2.41. The van der Waals surface area contributed by atoms with Gasteiger partial charge in [0.25, 0.3) is 5.69 Å². The Morgan fingerprint density at radius 2 is 2.16 bits per heavy atom. The van der Waals surface area contributed by atoms with Gasteiger partial charge in [-0.1, -0.05) is 26.2 Å². The summed E-state index contributed by atoms with van der Waals surface area (Å²) in [6, 6.07) is 3.65. The number of nitrogens with one attached hydrogen (secondary N) is 1. The minimum absolute atomic E-state index is 0.0913. The van der Waals surface area contributed by atoms with Crippen molar-refractivity contribution in [2.24, 2.45) is 0 Å². The number of non-ortho nitro benzene ring substituents is 1. The van der Waals surface area contributed by atoms with E-state index < -0.39 is 22.7 Å². The molecule has 9 heteroatoms. The molecule has 0 saturated carbocycles. The minimum atomic E-state index is -0.988. The van der Waals surface area contributed by atoms with Crippen LogP contribution in [-0.4, -0.2) is 47.5 Å². The average Bonchev–Trinajstić information content (AvgIpc) is 2.75. The number of unbranched alkanes of at least 4 members (excludes halogenated alkanes) is 3. The van der Waals surface area contributed by atoms with E-state index in [1.807, 2.05) is 0 Å². The van der Waals surface area contributed by atoms with Gasteiger partial charge in [-0.2, -0.15) is 0 Å². The summed E-state index contributed by atoms with van der Waals surface area (Å²) in [5.41, 5.74) is -0.526. The number of ether oxygens (including phenoxy) is 3. The van der Waals surface area contributed by atoms with Gasteiger partial charge in [0, 0.05) is 30.0 Å². The monoisotopic (exact) mass is 448 g/mol. The molecule has 32 heavy (non-hydrogen) atoms. The molecule has 9 nitrogen and oxygen atoms in total. The van der Waals surface area contributed by atoms with Crippen molar-refractivity contribution in [1.82, 2.24) is 5.32 Å². The van der Waals surface area contributed by atoms with Gasteiger partial charge in [0.15, 0.2) is 0 Å². The van der Waals surface area contributed by atoms with E-state index in [0.29, 0.717) is 23.7 Å². The largest absolute Gasteiger partial charge is 0.494 e. The van der Waals surface area contributed by atoms with Crippen LogP contribution in [0.25, 0.3) is 0 Å². The Kier molecular flexibility index (Phi) is 9.71. The zero-order chi connectivity index (χ0) is 23.6. The van der Waals surface area contributed by atoms with Crippen molar-refractivity contribution in [3.05, 3.63) is 51.9 Å². The molecule has 0 aliphatic carbocycles. The zero-order valence-electron chi connectivity index (χ0n) is 18.8. The number of rotatable bonds is 13. The molecule has 2 atom stereocenters. The predicted molar refractivity (Wildman–Crippen MR) is 119 cm³/mol. The summed E-state index contributed by atoms with van der Waals surface area (Å²) in [6.45, 7) is 6.35. The molecule has 1 aliphatic heterocycles. The maximum Gasteiger partial charge on any atom is 0.270 e. The fraction of sp³-hybridized carbons (Fsp3) is 0.565. The van der Waals surface area contributed by atoms with Gasteiger partial charge in [-0.15, -0.1) is 0 Å². The number of nitro benzene ring substituents is 1. The molecular weight excluding hydrogens is 416 g/mol. The van der Waals surface area contributed by atoms with Crippen LogP contribution in [-0.2, 0) is 14.3 Å². The molecule has 0 fully saturated rings. The van der Waals surface area contributed by atoms with Gasteiger partial charge in [-0.25, -0.2) is 4.79 Å². The quantitative estimate of drug-likeness (QED) is 0.154. The lowest BCUT2D eigenvalue weighted by atomic mass is 9.86. The van der Waals surface area contributed by atoms with Crippen LogP contribution in [0.15, 0.2) is 36.2 Å². The second kappa shape index (κ2) is 12.2. The minimum Gasteiger partial charge on any atom is -0.494 e. The third kappa shape index (κ3) is 7.09. The lowest BCUT2D eigenvalue weighted by Crippen LogP contribution is -2.51. The second-order valence-electron chi connectivity index (χ2n) is 8.13. The number of fused-ring (bicyclic) bond motifs is 1. The normalized spacial score (nSPS) is 19.3. The summed E-state index contributed by atoms with van der Waals surface area (Å²) in [6.07, 6.45) is 6.03. The second-order valence-corrected chi connectivity index (χ2v) is 8.13. The van der Waals surface area contributed by atoms with Crippen LogP contribution in [0.1, 0.15) is 58.1 Å². The van der Waals surface area contributed by atoms with Gasteiger partial charge < -0.3 is 24.6 Å². The van der Waals surface area contributed by atoms with Crippen LogP contribution in [0.2, 0.25) is 0 Å². The third-order valence-electron chi connectivity index (χ3n) is 5.18. The molecule has 2 N–H and O–H groups in total. The Hall–Kier alpha value is -2.87. The van der Waals surface area contributed by atoms with E-state index in [1.54, 1.807) is 32.1 Å². The predicted octanol–water partition coefficient (Wildman–Crippen LogP) is 3.60. The molecule has 1 aromatic carbocycles. The summed E-state index contributed by atoms with van der Waals surface area (Å²) in [5.74, 6) is 2.61. The Labute approximate surface area is 188 Å². The molecule has 0 aromatic heterocycles. The molecule has 0 radical (unpaired) electrons. The number of aliphatic hydroxyl groups is 1. The highest BCUT2D eigenvalue weighted by molar-refractivity contribution is 5.48. The van der Waals surface area contributed by atoms with Crippen molar-refractivity contribution < 1.29 is 29.0 Å². The molecule has 1 aliphatic rings. The van der Waals surface area contributed by atoms with Crippen LogP contribution in [0.3, 0.4) is 0 Å². The fourth-order valence-electron chi connectivity index (χ4n) is 3.37. The highest BCUT2D eigenvalue weighted by atomic mass is 16.6. The third-order valence-corrected chi connectivity index (χ3v) is 5.18. The van der Waals surface area contributed by atoms with Gasteiger partial charge in [0.1, 0.15) is 35.8 Å². The number of carbonyl (C=O) groups excluding carboxylic acids is 1. The molecule has 0 amide bonds. The molecule has 1 aromatic rings. The first-order valence-electron chi connectivity index (χ1n) is 10.8. The van der Waals surface area contributed by atoms with Crippen LogP contribution < -0.4 is 10.1 Å². The fourth-order valence-corrected chi connectivity index (χ4v) is 3.37. The maximum absolute atomic E-state index is 11.2. The summed E-state index contributed by atoms with van der Waals surface area (Å²) in [7, 11) is 0. The van der Waals surface area contributed by atoms with Gasteiger partial charge in [-0.05, 0) is 26.3 Å². The molecule has 0 saturated heterocycles. The average molecular weight is 449 g/mol. The first-order valence-corrected chi connectivity index (χ1v) is 10.8. The van der Waals surface area contributed by atoms with E-state index in [9.17, 15) is 20.0 Å². The summed E-state index contributed by atoms with van der Waals surface area (Å²) < 4.78 is 17.1. The topological polar surface area (TPSA) is 120 Å². The van der Waals surface area contributed by atoms with Crippen LogP contribution in [0, 0.1) is 10.1 Å². The molecule has 2 rings (SSSR count). The Morgan fingerprint density at radius 3 is 2.84 bits per heavy atom. The first-order chi connectivity index (χ1) is 15.3. The van der Waals surface area contributed by atoms with E-state index in [1.165, 1.54) is 18.2 Å². The molecule has 0 bridgehead atoms. The van der Waals surface area contributed by atoms with E-state index in [0.717, 1.165) is 25.7 Å². The van der Waals surface area contributed by atoms with Crippen molar-refractivity contribution >= 4 is 11.6 Å². The number of benzene rings is 1. The number of hydrogen-bond donors (Lipinski definition) is 2. The SMILES string of the molecule is CCCCCCOC(=CN[C@@H]1c2cc([N+](=O)[O-])ccc2OC(C)(C)[C@H]1O)COCC=C=O. The van der Waals surface area contributed by atoms with Crippen molar-refractivity contribution in [2.75, 3.05) is 19.8 Å². The standard InChI is InChI=1S/C23H32N2O7/c1-4-5-6-7-13-31-18(16-30-12-8-11-26)15-24-21-19-14-17(25(28)29)9-10-20(19)32-23(2,3)22(21)27/h8-10,14-15,21-22,24,27H,4-7,12-13,16H2,1-3H3/t21-,22+/m1/s1.